The zero-order chi connectivity index (χ0) is 11.4. The molecular weight excluding hydrogens is 196 g/mol. The van der Waals surface area contributed by atoms with Crippen LogP contribution in [0.25, 0.3) is 0 Å². The summed E-state index contributed by atoms with van der Waals surface area (Å²) in [4.78, 5) is 10.7. The summed E-state index contributed by atoms with van der Waals surface area (Å²) in [5.41, 5.74) is 5.57. The van der Waals surface area contributed by atoms with Crippen LogP contribution in [0.3, 0.4) is 0 Å². The Morgan fingerprint density at radius 3 is 2.80 bits per heavy atom. The number of benzene rings is 1. The summed E-state index contributed by atoms with van der Waals surface area (Å²) >= 11 is 0. The fourth-order valence-corrected chi connectivity index (χ4v) is 1.08. The fourth-order valence-electron chi connectivity index (χ4n) is 1.08. The van der Waals surface area contributed by atoms with E-state index in [1.807, 2.05) is 0 Å². The lowest BCUT2D eigenvalue weighted by Gasteiger charge is -2.11. The normalized spacial score (nSPS) is 12.3. The predicted octanol–water partition coefficient (Wildman–Crippen LogP) is 0.0612. The molecule has 0 aliphatic rings. The van der Waals surface area contributed by atoms with E-state index in [2.05, 4.69) is 5.32 Å². The van der Waals surface area contributed by atoms with Crippen molar-refractivity contribution in [1.29, 1.82) is 0 Å². The number of phenols is 2. The molecule has 1 aromatic rings. The topological polar surface area (TPSA) is 95.6 Å². The van der Waals surface area contributed by atoms with Gasteiger partial charge in [0.05, 0.1) is 6.04 Å². The molecule has 0 aliphatic carbocycles. The Morgan fingerprint density at radius 1 is 1.53 bits per heavy atom. The van der Waals surface area contributed by atoms with Gasteiger partial charge in [-0.3, -0.25) is 4.79 Å². The van der Waals surface area contributed by atoms with Crippen molar-refractivity contribution in [2.24, 2.45) is 5.73 Å². The van der Waals surface area contributed by atoms with Gasteiger partial charge < -0.3 is 21.3 Å². The van der Waals surface area contributed by atoms with Crippen molar-refractivity contribution in [3.8, 4) is 11.5 Å². The highest BCUT2D eigenvalue weighted by atomic mass is 16.3. The second-order valence-electron chi connectivity index (χ2n) is 3.29. The first-order valence-corrected chi connectivity index (χ1v) is 4.55. The van der Waals surface area contributed by atoms with Gasteiger partial charge in [0.15, 0.2) is 11.5 Å². The second kappa shape index (κ2) is 4.65. The number of hydrogen-bond donors (Lipinski definition) is 4. The van der Waals surface area contributed by atoms with Gasteiger partial charge in [-0.05, 0) is 13.0 Å². The van der Waals surface area contributed by atoms with Gasteiger partial charge in [-0.1, -0.05) is 12.1 Å². The average Bonchev–Trinajstić information content (AvgIpc) is 2.19. The number of para-hydroxylation sites is 1. The Bertz CT molecular complexity index is 366. The number of primary amides is 1. The van der Waals surface area contributed by atoms with Crippen LogP contribution in [-0.2, 0) is 11.3 Å². The molecule has 0 bridgehead atoms. The van der Waals surface area contributed by atoms with Crippen LogP contribution in [-0.4, -0.2) is 22.2 Å². The fraction of sp³-hybridized carbons (Fsp3) is 0.300. The van der Waals surface area contributed by atoms with Crippen molar-refractivity contribution in [3.05, 3.63) is 23.8 Å². The number of carbonyl (C=O) groups excluding carboxylic acids is 1. The minimum atomic E-state index is -0.480. The molecule has 5 heteroatoms. The van der Waals surface area contributed by atoms with Crippen molar-refractivity contribution in [2.45, 2.75) is 19.5 Å². The number of aromatic hydroxyl groups is 2. The number of rotatable bonds is 4. The summed E-state index contributed by atoms with van der Waals surface area (Å²) in [6.45, 7) is 1.90. The van der Waals surface area contributed by atoms with E-state index in [4.69, 9.17) is 5.73 Å². The molecule has 0 heterocycles. The molecule has 1 aromatic carbocycles. The first kappa shape index (κ1) is 11.3. The van der Waals surface area contributed by atoms with E-state index in [9.17, 15) is 15.0 Å². The Morgan fingerprint density at radius 2 is 2.20 bits per heavy atom. The average molecular weight is 210 g/mol. The van der Waals surface area contributed by atoms with Gasteiger partial charge in [0.25, 0.3) is 0 Å². The largest absolute Gasteiger partial charge is 0.504 e. The minimum Gasteiger partial charge on any atom is -0.504 e. The first-order valence-electron chi connectivity index (χ1n) is 4.55. The van der Waals surface area contributed by atoms with Gasteiger partial charge in [0.1, 0.15) is 0 Å². The summed E-state index contributed by atoms with van der Waals surface area (Å²) in [7, 11) is 0. The number of nitrogens with one attached hydrogen (secondary N) is 1. The highest BCUT2D eigenvalue weighted by molar-refractivity contribution is 5.79. The summed E-state index contributed by atoms with van der Waals surface area (Å²) in [6, 6.07) is 4.17. The SMILES string of the molecule is CC(NCc1cccc(O)c1O)C(N)=O. The van der Waals surface area contributed by atoms with Crippen LogP contribution in [0.15, 0.2) is 18.2 Å². The lowest BCUT2D eigenvalue weighted by molar-refractivity contribution is -0.119. The minimum absolute atomic E-state index is 0.179. The van der Waals surface area contributed by atoms with E-state index in [0.29, 0.717) is 5.56 Å². The molecule has 0 saturated carbocycles. The zero-order valence-corrected chi connectivity index (χ0v) is 8.40. The maximum Gasteiger partial charge on any atom is 0.234 e. The maximum atomic E-state index is 10.7. The standard InChI is InChI=1S/C10H14N2O3/c1-6(10(11)15)12-5-7-3-2-4-8(13)9(7)14/h2-4,6,12-14H,5H2,1H3,(H2,11,15). The molecule has 15 heavy (non-hydrogen) atoms. The predicted molar refractivity (Wildman–Crippen MR) is 55.3 cm³/mol. The Hall–Kier alpha value is -1.75. The van der Waals surface area contributed by atoms with Gasteiger partial charge in [0, 0.05) is 12.1 Å². The number of carbonyl (C=O) groups is 1. The Balaban J connectivity index is 2.66. The number of phenolic OH excluding ortho intramolecular Hbond substituents is 2. The Labute approximate surface area is 87.5 Å². The quantitative estimate of drug-likeness (QED) is 0.528. The molecule has 0 aromatic heterocycles. The van der Waals surface area contributed by atoms with Crippen LogP contribution in [0.5, 0.6) is 11.5 Å². The molecule has 1 amide bonds. The van der Waals surface area contributed by atoms with Crippen LogP contribution in [0.1, 0.15) is 12.5 Å². The first-order chi connectivity index (χ1) is 7.02. The van der Waals surface area contributed by atoms with E-state index < -0.39 is 11.9 Å². The van der Waals surface area contributed by atoms with E-state index in [1.54, 1.807) is 19.1 Å². The number of nitrogens with two attached hydrogens (primary N) is 1. The van der Waals surface area contributed by atoms with E-state index in [0.717, 1.165) is 0 Å². The lowest BCUT2D eigenvalue weighted by atomic mass is 10.1. The monoisotopic (exact) mass is 210 g/mol. The molecule has 1 atom stereocenters. The summed E-state index contributed by atoms with van der Waals surface area (Å²) in [6.07, 6.45) is 0. The molecule has 0 saturated heterocycles. The summed E-state index contributed by atoms with van der Waals surface area (Å²) in [5, 5.41) is 21.5. The van der Waals surface area contributed by atoms with Crippen LogP contribution in [0.2, 0.25) is 0 Å². The third-order valence-corrected chi connectivity index (χ3v) is 2.12. The highest BCUT2D eigenvalue weighted by Crippen LogP contribution is 2.27. The molecule has 1 unspecified atom stereocenters. The van der Waals surface area contributed by atoms with Crippen LogP contribution in [0, 0.1) is 0 Å². The molecule has 5 nitrogen and oxygen atoms in total. The molecule has 0 spiro atoms. The zero-order valence-electron chi connectivity index (χ0n) is 8.40. The van der Waals surface area contributed by atoms with Crippen LogP contribution < -0.4 is 11.1 Å². The van der Waals surface area contributed by atoms with Crippen molar-refractivity contribution in [1.82, 2.24) is 5.32 Å². The molecule has 5 N–H and O–H groups in total. The van der Waals surface area contributed by atoms with Crippen LogP contribution in [0.4, 0.5) is 0 Å². The summed E-state index contributed by atoms with van der Waals surface area (Å²) < 4.78 is 0. The molecule has 0 aliphatic heterocycles. The maximum absolute atomic E-state index is 10.7. The molecular formula is C10H14N2O3. The van der Waals surface area contributed by atoms with Crippen molar-refractivity contribution >= 4 is 5.91 Å². The summed E-state index contributed by atoms with van der Waals surface area (Å²) in [5.74, 6) is -0.822. The Kier molecular flexibility index (Phi) is 3.51. The third-order valence-electron chi connectivity index (χ3n) is 2.12. The van der Waals surface area contributed by atoms with E-state index in [-0.39, 0.29) is 18.0 Å². The molecule has 82 valence electrons. The van der Waals surface area contributed by atoms with Gasteiger partial charge >= 0.3 is 0 Å². The second-order valence-corrected chi connectivity index (χ2v) is 3.29. The molecule has 1 rings (SSSR count). The number of amides is 1. The van der Waals surface area contributed by atoms with Gasteiger partial charge in [-0.15, -0.1) is 0 Å². The van der Waals surface area contributed by atoms with Gasteiger partial charge in [-0.25, -0.2) is 0 Å². The van der Waals surface area contributed by atoms with E-state index in [1.165, 1.54) is 6.07 Å². The van der Waals surface area contributed by atoms with Gasteiger partial charge in [0.2, 0.25) is 5.91 Å². The molecule has 0 fully saturated rings. The third kappa shape index (κ3) is 2.85. The number of hydrogen-bond acceptors (Lipinski definition) is 4. The van der Waals surface area contributed by atoms with Crippen molar-refractivity contribution in [2.75, 3.05) is 0 Å². The van der Waals surface area contributed by atoms with Crippen LogP contribution >= 0.6 is 0 Å². The van der Waals surface area contributed by atoms with E-state index >= 15 is 0 Å². The lowest BCUT2D eigenvalue weighted by Crippen LogP contribution is -2.38. The smallest absolute Gasteiger partial charge is 0.234 e. The highest BCUT2D eigenvalue weighted by Gasteiger charge is 2.10. The molecule has 0 radical (unpaired) electrons. The van der Waals surface area contributed by atoms with Gasteiger partial charge in [-0.2, -0.15) is 0 Å². The van der Waals surface area contributed by atoms with Crippen molar-refractivity contribution in [3.63, 3.8) is 0 Å². The van der Waals surface area contributed by atoms with Crippen molar-refractivity contribution < 1.29 is 15.0 Å².